The molecule has 1 amide bonds. The molecule has 160 valence electrons. The van der Waals surface area contributed by atoms with Crippen LogP contribution in [0, 0.1) is 13.8 Å². The summed E-state index contributed by atoms with van der Waals surface area (Å²) in [7, 11) is 1.86. The van der Waals surface area contributed by atoms with Gasteiger partial charge in [-0.1, -0.05) is 6.07 Å². The van der Waals surface area contributed by atoms with Gasteiger partial charge in [0, 0.05) is 37.6 Å². The lowest BCUT2D eigenvalue weighted by atomic mass is 9.98. The van der Waals surface area contributed by atoms with E-state index >= 15 is 0 Å². The van der Waals surface area contributed by atoms with Crippen LogP contribution in [0.25, 0.3) is 6.08 Å². The smallest absolute Gasteiger partial charge is 0.247 e. The SMILES string of the molecule is Cc1cccc(Nc2cc([C@@H]3CCCCN3C(=O)/C=C/c3ccnn3C)nc(C)n2)n1. The van der Waals surface area contributed by atoms with Crippen LogP contribution in [-0.2, 0) is 11.8 Å². The third-order valence-electron chi connectivity index (χ3n) is 5.39. The van der Waals surface area contributed by atoms with Crippen molar-refractivity contribution in [2.75, 3.05) is 11.9 Å². The predicted molar refractivity (Wildman–Crippen MR) is 120 cm³/mol. The van der Waals surface area contributed by atoms with Gasteiger partial charge in [0.2, 0.25) is 5.91 Å². The van der Waals surface area contributed by atoms with Crippen LogP contribution < -0.4 is 5.32 Å². The maximum Gasteiger partial charge on any atom is 0.247 e. The Morgan fingerprint density at radius 1 is 1.13 bits per heavy atom. The van der Waals surface area contributed by atoms with Gasteiger partial charge in [0.1, 0.15) is 17.5 Å². The standard InChI is InChI=1S/C23H27N7O/c1-16-7-6-9-21(25-16)28-22-15-19(26-17(2)27-22)20-8-4-5-14-30(20)23(31)11-10-18-12-13-24-29(18)3/h6-7,9-13,15,20H,4-5,8,14H2,1-3H3,(H,25,26,27,28)/b11-10+/t20-/m0/s1. The number of carbonyl (C=O) groups excluding carboxylic acids is 1. The fourth-order valence-corrected chi connectivity index (χ4v) is 3.87. The topological polar surface area (TPSA) is 88.8 Å². The normalized spacial score (nSPS) is 16.6. The van der Waals surface area contributed by atoms with Gasteiger partial charge >= 0.3 is 0 Å². The Morgan fingerprint density at radius 3 is 2.77 bits per heavy atom. The number of hydrogen-bond donors (Lipinski definition) is 1. The largest absolute Gasteiger partial charge is 0.331 e. The Labute approximate surface area is 182 Å². The van der Waals surface area contributed by atoms with Crippen molar-refractivity contribution in [2.24, 2.45) is 7.05 Å². The van der Waals surface area contributed by atoms with Crippen molar-refractivity contribution in [3.63, 3.8) is 0 Å². The molecule has 0 spiro atoms. The zero-order valence-corrected chi connectivity index (χ0v) is 18.1. The highest BCUT2D eigenvalue weighted by Crippen LogP contribution is 2.31. The quantitative estimate of drug-likeness (QED) is 0.636. The first-order valence-electron chi connectivity index (χ1n) is 10.5. The minimum Gasteiger partial charge on any atom is -0.331 e. The van der Waals surface area contributed by atoms with Gasteiger partial charge in [-0.15, -0.1) is 0 Å². The Hall–Kier alpha value is -3.55. The van der Waals surface area contributed by atoms with E-state index in [4.69, 9.17) is 0 Å². The van der Waals surface area contributed by atoms with Crippen LogP contribution >= 0.6 is 0 Å². The number of aromatic nitrogens is 5. The molecule has 0 radical (unpaired) electrons. The lowest BCUT2D eigenvalue weighted by Crippen LogP contribution is -2.38. The van der Waals surface area contributed by atoms with Crippen molar-refractivity contribution in [1.29, 1.82) is 0 Å². The van der Waals surface area contributed by atoms with Crippen molar-refractivity contribution in [3.8, 4) is 0 Å². The molecule has 1 fully saturated rings. The van der Waals surface area contributed by atoms with Gasteiger partial charge in [-0.2, -0.15) is 5.10 Å². The summed E-state index contributed by atoms with van der Waals surface area (Å²) in [6.45, 7) is 4.53. The number of amides is 1. The number of anilines is 2. The second-order valence-electron chi connectivity index (χ2n) is 7.77. The van der Waals surface area contributed by atoms with Gasteiger partial charge in [0.25, 0.3) is 0 Å². The molecule has 0 aliphatic carbocycles. The van der Waals surface area contributed by atoms with E-state index in [2.05, 4.69) is 25.4 Å². The zero-order chi connectivity index (χ0) is 21.8. The van der Waals surface area contributed by atoms with E-state index in [-0.39, 0.29) is 11.9 Å². The molecule has 3 aromatic heterocycles. The molecule has 4 rings (SSSR count). The van der Waals surface area contributed by atoms with Crippen LogP contribution in [0.1, 0.15) is 48.2 Å². The van der Waals surface area contributed by atoms with Gasteiger partial charge in [0.15, 0.2) is 0 Å². The lowest BCUT2D eigenvalue weighted by Gasteiger charge is -2.35. The third-order valence-corrected chi connectivity index (χ3v) is 5.39. The van der Waals surface area contributed by atoms with E-state index in [0.717, 1.165) is 42.2 Å². The maximum absolute atomic E-state index is 13.0. The molecule has 0 aromatic carbocycles. The summed E-state index contributed by atoms with van der Waals surface area (Å²) in [4.78, 5) is 28.6. The van der Waals surface area contributed by atoms with Crippen LogP contribution in [0.2, 0.25) is 0 Å². The molecule has 8 nitrogen and oxygen atoms in total. The molecule has 31 heavy (non-hydrogen) atoms. The summed E-state index contributed by atoms with van der Waals surface area (Å²) in [5.41, 5.74) is 2.67. The van der Waals surface area contributed by atoms with E-state index in [1.54, 1.807) is 17.0 Å². The highest BCUT2D eigenvalue weighted by atomic mass is 16.2. The first-order valence-corrected chi connectivity index (χ1v) is 10.5. The zero-order valence-electron chi connectivity index (χ0n) is 18.1. The van der Waals surface area contributed by atoms with E-state index in [0.29, 0.717) is 18.2 Å². The molecule has 0 saturated carbocycles. The van der Waals surface area contributed by atoms with E-state index in [9.17, 15) is 4.79 Å². The molecule has 1 aliphatic rings. The summed E-state index contributed by atoms with van der Waals surface area (Å²) >= 11 is 0. The van der Waals surface area contributed by atoms with Gasteiger partial charge < -0.3 is 10.2 Å². The van der Waals surface area contributed by atoms with Gasteiger partial charge in [-0.25, -0.2) is 15.0 Å². The number of nitrogens with one attached hydrogen (secondary N) is 1. The average molecular weight is 418 g/mol. The van der Waals surface area contributed by atoms with Crippen LogP contribution in [-0.4, -0.2) is 42.1 Å². The minimum absolute atomic E-state index is 0.0166. The third kappa shape index (κ3) is 4.96. The number of aryl methyl sites for hydroxylation is 3. The Bertz CT molecular complexity index is 1100. The second-order valence-corrected chi connectivity index (χ2v) is 7.77. The lowest BCUT2D eigenvalue weighted by molar-refractivity contribution is -0.129. The fraction of sp³-hybridized carbons (Fsp3) is 0.348. The molecule has 1 atom stereocenters. The van der Waals surface area contributed by atoms with Gasteiger partial charge in [0.05, 0.1) is 17.4 Å². The summed E-state index contributed by atoms with van der Waals surface area (Å²) in [5, 5.41) is 7.41. The summed E-state index contributed by atoms with van der Waals surface area (Å²) < 4.78 is 1.74. The molecule has 8 heteroatoms. The number of hydrogen-bond acceptors (Lipinski definition) is 6. The highest BCUT2D eigenvalue weighted by Gasteiger charge is 2.28. The van der Waals surface area contributed by atoms with Gasteiger partial charge in [-0.3, -0.25) is 9.48 Å². The van der Waals surface area contributed by atoms with Crippen molar-refractivity contribution in [3.05, 3.63) is 65.5 Å². The summed E-state index contributed by atoms with van der Waals surface area (Å²) in [5.74, 6) is 2.07. The molecule has 0 unspecified atom stereocenters. The Balaban J connectivity index is 1.57. The van der Waals surface area contributed by atoms with Crippen LogP contribution in [0.4, 0.5) is 11.6 Å². The minimum atomic E-state index is -0.0786. The monoisotopic (exact) mass is 417 g/mol. The van der Waals surface area contributed by atoms with Crippen LogP contribution in [0.3, 0.4) is 0 Å². The fourth-order valence-electron chi connectivity index (χ4n) is 3.87. The number of pyridine rings is 1. The number of likely N-dealkylation sites (tertiary alicyclic amines) is 1. The maximum atomic E-state index is 13.0. The molecule has 1 aliphatic heterocycles. The summed E-state index contributed by atoms with van der Waals surface area (Å²) in [6.07, 6.45) is 8.08. The number of piperidine rings is 1. The molecule has 4 heterocycles. The first-order chi connectivity index (χ1) is 15.0. The van der Waals surface area contributed by atoms with E-state index in [1.807, 2.05) is 62.2 Å². The molecule has 3 aromatic rings. The Kier molecular flexibility index (Phi) is 6.06. The van der Waals surface area contributed by atoms with Crippen molar-refractivity contribution >= 4 is 23.6 Å². The molecular formula is C23H27N7O. The Morgan fingerprint density at radius 2 is 2.00 bits per heavy atom. The molecule has 1 saturated heterocycles. The average Bonchev–Trinajstić information content (AvgIpc) is 3.16. The van der Waals surface area contributed by atoms with Crippen molar-refractivity contribution in [1.82, 2.24) is 29.6 Å². The van der Waals surface area contributed by atoms with Crippen molar-refractivity contribution in [2.45, 2.75) is 39.2 Å². The second kappa shape index (κ2) is 9.07. The van der Waals surface area contributed by atoms with Crippen LogP contribution in [0.5, 0.6) is 0 Å². The van der Waals surface area contributed by atoms with Crippen molar-refractivity contribution < 1.29 is 4.79 Å². The molecular weight excluding hydrogens is 390 g/mol. The molecule has 1 N–H and O–H groups in total. The van der Waals surface area contributed by atoms with Crippen LogP contribution in [0.15, 0.2) is 42.6 Å². The first kappa shape index (κ1) is 20.7. The van der Waals surface area contributed by atoms with Gasteiger partial charge in [-0.05, 0) is 57.4 Å². The number of rotatable bonds is 5. The van der Waals surface area contributed by atoms with E-state index in [1.165, 1.54) is 0 Å². The highest BCUT2D eigenvalue weighted by molar-refractivity contribution is 5.92. The molecule has 0 bridgehead atoms. The number of nitrogens with zero attached hydrogens (tertiary/aromatic N) is 6. The number of carbonyl (C=O) groups is 1. The van der Waals surface area contributed by atoms with E-state index < -0.39 is 0 Å². The predicted octanol–water partition coefficient (Wildman–Crippen LogP) is 3.73. The summed E-state index contributed by atoms with van der Waals surface area (Å²) in [6, 6.07) is 9.54.